The maximum atomic E-state index is 12.0. The molecule has 0 radical (unpaired) electrons. The molecular formula is C13H19ClN2O. The average Bonchev–Trinajstić information content (AvgIpc) is 2.28. The maximum absolute atomic E-state index is 12.0. The van der Waals surface area contributed by atoms with Crippen LogP contribution >= 0.6 is 11.6 Å². The zero-order valence-electron chi connectivity index (χ0n) is 10.5. The number of halogens is 1. The Morgan fingerprint density at radius 2 is 2.18 bits per heavy atom. The van der Waals surface area contributed by atoms with Crippen LogP contribution in [0.2, 0.25) is 0 Å². The first-order chi connectivity index (χ1) is 8.04. The van der Waals surface area contributed by atoms with Gasteiger partial charge in [0.05, 0.1) is 5.56 Å². The van der Waals surface area contributed by atoms with Gasteiger partial charge in [-0.25, -0.2) is 0 Å². The van der Waals surface area contributed by atoms with Crippen LogP contribution in [0.25, 0.3) is 0 Å². The summed E-state index contributed by atoms with van der Waals surface area (Å²) >= 11 is 5.73. The minimum atomic E-state index is -0.0787. The van der Waals surface area contributed by atoms with Crippen LogP contribution in [-0.2, 0) is 0 Å². The highest BCUT2D eigenvalue weighted by Crippen LogP contribution is 2.09. The van der Waals surface area contributed by atoms with Gasteiger partial charge in [0, 0.05) is 24.3 Å². The van der Waals surface area contributed by atoms with E-state index in [0.717, 1.165) is 12.0 Å². The number of pyridine rings is 1. The summed E-state index contributed by atoms with van der Waals surface area (Å²) in [5, 5.41) is 3.00. The number of carbonyl (C=O) groups is 1. The highest BCUT2D eigenvalue weighted by atomic mass is 35.5. The summed E-state index contributed by atoms with van der Waals surface area (Å²) in [7, 11) is 0. The normalized spacial score (nSPS) is 12.5. The molecule has 1 atom stereocenters. The zero-order valence-corrected chi connectivity index (χ0v) is 11.3. The van der Waals surface area contributed by atoms with Crippen molar-refractivity contribution in [3.63, 3.8) is 0 Å². The van der Waals surface area contributed by atoms with Crippen LogP contribution in [-0.4, -0.2) is 22.8 Å². The van der Waals surface area contributed by atoms with E-state index in [1.54, 1.807) is 12.4 Å². The molecule has 0 saturated heterocycles. The number of nitrogens with one attached hydrogen (secondary N) is 1. The van der Waals surface area contributed by atoms with E-state index in [1.807, 2.05) is 13.0 Å². The van der Waals surface area contributed by atoms with Crippen molar-refractivity contribution >= 4 is 17.5 Å². The van der Waals surface area contributed by atoms with E-state index < -0.39 is 0 Å². The summed E-state index contributed by atoms with van der Waals surface area (Å²) in [4.78, 5) is 16.0. The van der Waals surface area contributed by atoms with Gasteiger partial charge in [-0.15, -0.1) is 11.6 Å². The molecule has 1 aromatic heterocycles. The minimum Gasteiger partial charge on any atom is -0.349 e. The molecule has 0 aliphatic rings. The third kappa shape index (κ3) is 4.35. The van der Waals surface area contributed by atoms with Crippen LogP contribution < -0.4 is 5.32 Å². The van der Waals surface area contributed by atoms with Gasteiger partial charge in [-0.05, 0) is 30.9 Å². The van der Waals surface area contributed by atoms with E-state index in [1.165, 1.54) is 0 Å². The quantitative estimate of drug-likeness (QED) is 0.821. The Balaban J connectivity index is 2.70. The summed E-state index contributed by atoms with van der Waals surface area (Å²) in [6.45, 7) is 6.07. The molecule has 1 unspecified atom stereocenters. The number of aromatic nitrogens is 1. The molecule has 0 aromatic carbocycles. The maximum Gasteiger partial charge on any atom is 0.253 e. The fourth-order valence-electron chi connectivity index (χ4n) is 1.62. The monoisotopic (exact) mass is 254 g/mol. The third-order valence-electron chi connectivity index (χ3n) is 2.68. The fraction of sp³-hybridized carbons (Fsp3) is 0.538. The van der Waals surface area contributed by atoms with Crippen molar-refractivity contribution in [2.24, 2.45) is 5.92 Å². The lowest BCUT2D eigenvalue weighted by molar-refractivity contribution is 0.0924. The largest absolute Gasteiger partial charge is 0.349 e. The van der Waals surface area contributed by atoms with Gasteiger partial charge in [-0.3, -0.25) is 9.78 Å². The lowest BCUT2D eigenvalue weighted by atomic mass is 10.0. The van der Waals surface area contributed by atoms with Crippen LogP contribution in [0.4, 0.5) is 0 Å². The predicted molar refractivity (Wildman–Crippen MR) is 70.4 cm³/mol. The smallest absolute Gasteiger partial charge is 0.253 e. The molecule has 0 aliphatic carbocycles. The van der Waals surface area contributed by atoms with E-state index >= 15 is 0 Å². The Kier molecular flexibility index (Phi) is 5.42. The molecule has 0 aliphatic heterocycles. The van der Waals surface area contributed by atoms with Crippen LogP contribution in [0.5, 0.6) is 0 Å². The van der Waals surface area contributed by atoms with E-state index in [-0.39, 0.29) is 11.9 Å². The molecule has 0 fully saturated rings. The molecular weight excluding hydrogens is 236 g/mol. The highest BCUT2D eigenvalue weighted by molar-refractivity contribution is 6.17. The van der Waals surface area contributed by atoms with Gasteiger partial charge >= 0.3 is 0 Å². The lowest BCUT2D eigenvalue weighted by Crippen LogP contribution is -2.38. The van der Waals surface area contributed by atoms with Crippen LogP contribution in [0.15, 0.2) is 18.5 Å². The minimum absolute atomic E-state index is 0.0787. The second-order valence-electron chi connectivity index (χ2n) is 4.55. The summed E-state index contributed by atoms with van der Waals surface area (Å²) in [5.74, 6) is 0.843. The number of hydrogen-bond donors (Lipinski definition) is 1. The topological polar surface area (TPSA) is 42.0 Å². The fourth-order valence-corrected chi connectivity index (χ4v) is 1.86. The standard InChI is InChI=1S/C13H19ClN2O/c1-9(2)12(4-5-14)16-13(17)11-6-10(3)7-15-8-11/h6-9,12H,4-5H2,1-3H3,(H,16,17). The second-order valence-corrected chi connectivity index (χ2v) is 4.93. The summed E-state index contributed by atoms with van der Waals surface area (Å²) in [5.41, 5.74) is 1.58. The van der Waals surface area contributed by atoms with Crippen LogP contribution in [0, 0.1) is 12.8 Å². The van der Waals surface area contributed by atoms with E-state index in [9.17, 15) is 4.79 Å². The predicted octanol–water partition coefficient (Wildman–Crippen LogP) is 2.77. The Labute approximate surface area is 108 Å². The van der Waals surface area contributed by atoms with Crippen molar-refractivity contribution in [3.8, 4) is 0 Å². The first-order valence-electron chi connectivity index (χ1n) is 5.83. The van der Waals surface area contributed by atoms with E-state index in [0.29, 0.717) is 17.4 Å². The van der Waals surface area contributed by atoms with Crippen molar-refractivity contribution in [3.05, 3.63) is 29.6 Å². The van der Waals surface area contributed by atoms with Crippen LogP contribution in [0.3, 0.4) is 0 Å². The number of hydrogen-bond acceptors (Lipinski definition) is 2. The average molecular weight is 255 g/mol. The molecule has 1 heterocycles. The summed E-state index contributed by atoms with van der Waals surface area (Å²) in [6.07, 6.45) is 4.10. The van der Waals surface area contributed by atoms with E-state index in [4.69, 9.17) is 11.6 Å². The van der Waals surface area contributed by atoms with Gasteiger partial charge in [0.25, 0.3) is 5.91 Å². The Morgan fingerprint density at radius 1 is 1.47 bits per heavy atom. The highest BCUT2D eigenvalue weighted by Gasteiger charge is 2.16. The second kappa shape index (κ2) is 6.60. The number of nitrogens with zero attached hydrogens (tertiary/aromatic N) is 1. The van der Waals surface area contributed by atoms with Gasteiger partial charge in [-0.1, -0.05) is 13.8 Å². The molecule has 4 heteroatoms. The Hall–Kier alpha value is -1.09. The van der Waals surface area contributed by atoms with E-state index in [2.05, 4.69) is 24.1 Å². The van der Waals surface area contributed by atoms with Gasteiger partial charge in [0.15, 0.2) is 0 Å². The van der Waals surface area contributed by atoms with Crippen LogP contribution in [0.1, 0.15) is 36.2 Å². The number of aryl methyl sites for hydroxylation is 1. The molecule has 0 bridgehead atoms. The van der Waals surface area contributed by atoms with Crippen molar-refractivity contribution in [1.82, 2.24) is 10.3 Å². The SMILES string of the molecule is Cc1cncc(C(=O)NC(CCCl)C(C)C)c1. The Morgan fingerprint density at radius 3 is 2.71 bits per heavy atom. The Bertz CT molecular complexity index is 379. The van der Waals surface area contributed by atoms with Gasteiger partial charge < -0.3 is 5.32 Å². The molecule has 1 N–H and O–H groups in total. The molecule has 0 spiro atoms. The number of rotatable bonds is 5. The number of alkyl halides is 1. The molecule has 1 amide bonds. The molecule has 0 saturated carbocycles. The van der Waals surface area contributed by atoms with Gasteiger partial charge in [0.1, 0.15) is 0 Å². The van der Waals surface area contributed by atoms with Crippen molar-refractivity contribution < 1.29 is 4.79 Å². The third-order valence-corrected chi connectivity index (χ3v) is 2.90. The van der Waals surface area contributed by atoms with Gasteiger partial charge in [-0.2, -0.15) is 0 Å². The van der Waals surface area contributed by atoms with Crippen molar-refractivity contribution in [2.75, 3.05) is 5.88 Å². The van der Waals surface area contributed by atoms with Gasteiger partial charge in [0.2, 0.25) is 0 Å². The zero-order chi connectivity index (χ0) is 12.8. The molecule has 94 valence electrons. The number of amides is 1. The molecule has 17 heavy (non-hydrogen) atoms. The first kappa shape index (κ1) is 14.0. The number of carbonyl (C=O) groups excluding carboxylic acids is 1. The summed E-state index contributed by atoms with van der Waals surface area (Å²) < 4.78 is 0. The molecule has 1 rings (SSSR count). The van der Waals surface area contributed by atoms with Crippen molar-refractivity contribution in [2.45, 2.75) is 33.2 Å². The van der Waals surface area contributed by atoms with Crippen molar-refractivity contribution in [1.29, 1.82) is 0 Å². The lowest BCUT2D eigenvalue weighted by Gasteiger charge is -2.21. The summed E-state index contributed by atoms with van der Waals surface area (Å²) in [6, 6.07) is 1.95. The first-order valence-corrected chi connectivity index (χ1v) is 6.36. The molecule has 1 aromatic rings. The molecule has 3 nitrogen and oxygen atoms in total.